The Hall–Kier alpha value is -2.73. The van der Waals surface area contributed by atoms with Gasteiger partial charge in [0.2, 0.25) is 5.91 Å². The second-order valence-corrected chi connectivity index (χ2v) is 7.06. The van der Waals surface area contributed by atoms with Crippen LogP contribution in [0.3, 0.4) is 0 Å². The number of rotatable bonds is 9. The molecule has 0 spiro atoms. The first-order valence-corrected chi connectivity index (χ1v) is 10.5. The van der Waals surface area contributed by atoms with E-state index in [-0.39, 0.29) is 5.91 Å². The summed E-state index contributed by atoms with van der Waals surface area (Å²) in [7, 11) is 0. The molecule has 0 atom stereocenters. The highest BCUT2D eigenvalue weighted by molar-refractivity contribution is 5.91. The van der Waals surface area contributed by atoms with E-state index in [2.05, 4.69) is 58.5 Å². The number of para-hydroxylation sites is 2. The molecule has 0 radical (unpaired) electrons. The Kier molecular flexibility index (Phi) is 7.76. The first-order valence-electron chi connectivity index (χ1n) is 10.5. The van der Waals surface area contributed by atoms with E-state index in [1.807, 2.05) is 24.3 Å². The van der Waals surface area contributed by atoms with E-state index < -0.39 is 0 Å². The Morgan fingerprint density at radius 3 is 2.41 bits per heavy atom. The monoisotopic (exact) mass is 396 g/mol. The quantitative estimate of drug-likeness (QED) is 0.675. The normalized spacial score (nSPS) is 13.8. The summed E-state index contributed by atoms with van der Waals surface area (Å²) >= 11 is 0. The fourth-order valence-electron chi connectivity index (χ4n) is 3.58. The molecule has 6 nitrogen and oxygen atoms in total. The van der Waals surface area contributed by atoms with Crippen molar-refractivity contribution < 1.29 is 9.53 Å². The number of morpholine rings is 1. The van der Waals surface area contributed by atoms with Gasteiger partial charge in [0.15, 0.2) is 0 Å². The lowest BCUT2D eigenvalue weighted by Gasteiger charge is -2.30. The predicted octanol–water partition coefficient (Wildman–Crippen LogP) is 3.81. The average molecular weight is 397 g/mol. The molecule has 0 aromatic heterocycles. The van der Waals surface area contributed by atoms with Crippen molar-refractivity contribution in [1.29, 1.82) is 0 Å². The van der Waals surface area contributed by atoms with Crippen molar-refractivity contribution in [2.24, 2.45) is 0 Å². The molecule has 0 bridgehead atoms. The summed E-state index contributed by atoms with van der Waals surface area (Å²) in [6.07, 6.45) is 0.412. The van der Waals surface area contributed by atoms with Gasteiger partial charge in [0.1, 0.15) is 0 Å². The molecule has 156 valence electrons. The third-order valence-electron chi connectivity index (χ3n) is 5.20. The molecule has 1 heterocycles. The van der Waals surface area contributed by atoms with E-state index in [0.29, 0.717) is 13.0 Å². The van der Waals surface area contributed by atoms with E-state index in [1.54, 1.807) is 0 Å². The number of carbonyl (C=O) groups is 1. The van der Waals surface area contributed by atoms with Gasteiger partial charge in [-0.1, -0.05) is 12.1 Å². The van der Waals surface area contributed by atoms with Crippen LogP contribution in [0, 0.1) is 0 Å². The predicted molar refractivity (Wildman–Crippen MR) is 121 cm³/mol. The number of nitrogens with one attached hydrogen (secondary N) is 2. The minimum Gasteiger partial charge on any atom is -0.383 e. The number of amides is 1. The molecule has 6 heteroatoms. The summed E-state index contributed by atoms with van der Waals surface area (Å²) in [5, 5.41) is 6.40. The van der Waals surface area contributed by atoms with Gasteiger partial charge < -0.3 is 25.2 Å². The molecule has 2 aromatic rings. The maximum atomic E-state index is 12.3. The molecule has 1 aliphatic heterocycles. The highest BCUT2D eigenvalue weighted by atomic mass is 16.5. The van der Waals surface area contributed by atoms with Gasteiger partial charge in [0.25, 0.3) is 0 Å². The van der Waals surface area contributed by atoms with Crippen LogP contribution in [0.4, 0.5) is 22.7 Å². The van der Waals surface area contributed by atoms with Gasteiger partial charge >= 0.3 is 0 Å². The Morgan fingerprint density at radius 1 is 1.03 bits per heavy atom. The molecule has 1 fully saturated rings. The maximum absolute atomic E-state index is 12.3. The summed E-state index contributed by atoms with van der Waals surface area (Å²) in [4.78, 5) is 16.9. The van der Waals surface area contributed by atoms with Crippen LogP contribution >= 0.6 is 0 Å². The van der Waals surface area contributed by atoms with Crippen LogP contribution in [-0.2, 0) is 9.53 Å². The van der Waals surface area contributed by atoms with E-state index in [0.717, 1.165) is 50.8 Å². The van der Waals surface area contributed by atoms with Crippen molar-refractivity contribution in [1.82, 2.24) is 0 Å². The lowest BCUT2D eigenvalue weighted by Crippen LogP contribution is -2.36. The van der Waals surface area contributed by atoms with Crippen LogP contribution in [-0.4, -0.2) is 51.8 Å². The standard InChI is InChI=1S/C23H32N4O2/c1-3-26(4-2)20-11-9-19(10-12-20)25-23(28)13-14-24-21-7-5-6-8-22(21)27-15-17-29-18-16-27/h5-12,24H,3-4,13-18H2,1-2H3,(H,25,28). The molecular weight excluding hydrogens is 364 g/mol. The molecule has 1 amide bonds. The van der Waals surface area contributed by atoms with E-state index in [9.17, 15) is 4.79 Å². The topological polar surface area (TPSA) is 56.8 Å². The summed E-state index contributed by atoms with van der Waals surface area (Å²) in [5.74, 6) is 0.0111. The molecule has 0 unspecified atom stereocenters. The SMILES string of the molecule is CCN(CC)c1ccc(NC(=O)CCNc2ccccc2N2CCOCC2)cc1. The number of ether oxygens (including phenoxy) is 1. The van der Waals surface area contributed by atoms with Gasteiger partial charge in [-0.2, -0.15) is 0 Å². The van der Waals surface area contributed by atoms with E-state index >= 15 is 0 Å². The number of carbonyl (C=O) groups excluding carboxylic acids is 1. The second kappa shape index (κ2) is 10.7. The van der Waals surface area contributed by atoms with Crippen molar-refractivity contribution in [2.45, 2.75) is 20.3 Å². The number of nitrogens with zero attached hydrogens (tertiary/aromatic N) is 2. The van der Waals surface area contributed by atoms with Crippen molar-refractivity contribution in [3.05, 3.63) is 48.5 Å². The van der Waals surface area contributed by atoms with Crippen molar-refractivity contribution >= 4 is 28.7 Å². The third-order valence-corrected chi connectivity index (χ3v) is 5.20. The van der Waals surface area contributed by atoms with Crippen molar-refractivity contribution in [3.8, 4) is 0 Å². The molecule has 0 aliphatic carbocycles. The summed E-state index contributed by atoms with van der Waals surface area (Å²) in [6.45, 7) is 10.1. The molecule has 2 N–H and O–H groups in total. The minimum absolute atomic E-state index is 0.0111. The molecule has 0 saturated carbocycles. The van der Waals surface area contributed by atoms with Crippen molar-refractivity contribution in [3.63, 3.8) is 0 Å². The zero-order valence-electron chi connectivity index (χ0n) is 17.5. The molecule has 3 rings (SSSR count). The molecule has 2 aromatic carbocycles. The van der Waals surface area contributed by atoms with Gasteiger partial charge in [-0.3, -0.25) is 4.79 Å². The second-order valence-electron chi connectivity index (χ2n) is 7.06. The Morgan fingerprint density at radius 2 is 1.72 bits per heavy atom. The lowest BCUT2D eigenvalue weighted by molar-refractivity contribution is -0.115. The largest absolute Gasteiger partial charge is 0.383 e. The maximum Gasteiger partial charge on any atom is 0.226 e. The van der Waals surface area contributed by atoms with Gasteiger partial charge in [0, 0.05) is 50.5 Å². The molecule has 1 aliphatic rings. The summed E-state index contributed by atoms with van der Waals surface area (Å²) < 4.78 is 5.45. The number of hydrogen-bond acceptors (Lipinski definition) is 5. The summed E-state index contributed by atoms with van der Waals surface area (Å²) in [5.41, 5.74) is 4.24. The highest BCUT2D eigenvalue weighted by Gasteiger charge is 2.14. The van der Waals surface area contributed by atoms with Crippen LogP contribution in [0.15, 0.2) is 48.5 Å². The molecular formula is C23H32N4O2. The zero-order valence-corrected chi connectivity index (χ0v) is 17.5. The molecule has 1 saturated heterocycles. The highest BCUT2D eigenvalue weighted by Crippen LogP contribution is 2.26. The van der Waals surface area contributed by atoms with Gasteiger partial charge in [-0.15, -0.1) is 0 Å². The zero-order chi connectivity index (χ0) is 20.5. The van der Waals surface area contributed by atoms with E-state index in [4.69, 9.17) is 4.74 Å². The van der Waals surface area contributed by atoms with E-state index in [1.165, 1.54) is 11.4 Å². The van der Waals surface area contributed by atoms with Gasteiger partial charge in [0.05, 0.1) is 24.6 Å². The van der Waals surface area contributed by atoms with Gasteiger partial charge in [-0.05, 0) is 50.2 Å². The minimum atomic E-state index is 0.0111. The van der Waals surface area contributed by atoms with Crippen LogP contribution in [0.5, 0.6) is 0 Å². The van der Waals surface area contributed by atoms with Gasteiger partial charge in [-0.25, -0.2) is 0 Å². The Balaban J connectivity index is 1.49. The first-order chi connectivity index (χ1) is 14.2. The van der Waals surface area contributed by atoms with Crippen molar-refractivity contribution in [2.75, 3.05) is 66.4 Å². The smallest absolute Gasteiger partial charge is 0.226 e. The lowest BCUT2D eigenvalue weighted by atomic mass is 10.2. The summed E-state index contributed by atoms with van der Waals surface area (Å²) in [6, 6.07) is 16.3. The van der Waals surface area contributed by atoms with Crippen LogP contribution in [0.1, 0.15) is 20.3 Å². The fourth-order valence-corrected chi connectivity index (χ4v) is 3.58. The number of hydrogen-bond donors (Lipinski definition) is 2. The number of anilines is 4. The molecule has 29 heavy (non-hydrogen) atoms. The number of benzene rings is 2. The third kappa shape index (κ3) is 5.87. The van der Waals surface area contributed by atoms with Crippen LogP contribution in [0.25, 0.3) is 0 Å². The van der Waals surface area contributed by atoms with Crippen LogP contribution < -0.4 is 20.4 Å². The average Bonchev–Trinajstić information content (AvgIpc) is 2.77. The first kappa shape index (κ1) is 21.0. The Bertz CT molecular complexity index is 769. The van der Waals surface area contributed by atoms with Crippen LogP contribution in [0.2, 0.25) is 0 Å². The fraction of sp³-hybridized carbons (Fsp3) is 0.435. The Labute approximate surface area is 173 Å².